The largest absolute Gasteiger partial charge is 0.453 e. The number of benzene rings is 2. The molecule has 0 spiro atoms. The summed E-state index contributed by atoms with van der Waals surface area (Å²) in [6.45, 7) is 2.21. The van der Waals surface area contributed by atoms with Gasteiger partial charge in [-0.3, -0.25) is 0 Å². The van der Waals surface area contributed by atoms with Crippen LogP contribution in [-0.2, 0) is 13.0 Å². The minimum absolute atomic E-state index is 0.203. The van der Waals surface area contributed by atoms with Crippen molar-refractivity contribution in [2.24, 2.45) is 0 Å². The number of halogens is 2. The lowest BCUT2D eigenvalue weighted by Crippen LogP contribution is -2.03. The fourth-order valence-electron chi connectivity index (χ4n) is 2.94. The zero-order valence-corrected chi connectivity index (χ0v) is 14.6. The molecule has 138 valence electrons. The number of aromatic amines is 1. The summed E-state index contributed by atoms with van der Waals surface area (Å²) in [7, 11) is 0. The molecule has 0 saturated carbocycles. The van der Waals surface area contributed by atoms with Crippen molar-refractivity contribution < 1.29 is 13.2 Å². The van der Waals surface area contributed by atoms with Gasteiger partial charge in [-0.1, -0.05) is 19.4 Å². The zero-order chi connectivity index (χ0) is 18.8. The summed E-state index contributed by atoms with van der Waals surface area (Å²) in [5.41, 5.74) is 2.21. The van der Waals surface area contributed by atoms with E-state index in [1.54, 1.807) is 24.3 Å². The van der Waals surface area contributed by atoms with Crippen LogP contribution < -0.4 is 5.32 Å². The van der Waals surface area contributed by atoms with Crippen LogP contribution in [0.3, 0.4) is 0 Å². The first-order valence-corrected chi connectivity index (χ1v) is 8.62. The molecule has 8 heteroatoms. The number of fused-ring (bicyclic) bond motifs is 1. The van der Waals surface area contributed by atoms with Gasteiger partial charge in [0.05, 0.1) is 0 Å². The molecule has 0 atom stereocenters. The van der Waals surface area contributed by atoms with Gasteiger partial charge in [-0.15, -0.1) is 5.10 Å². The Balaban J connectivity index is 1.55. The second kappa shape index (κ2) is 7.14. The number of furan rings is 1. The maximum atomic E-state index is 14.4. The van der Waals surface area contributed by atoms with E-state index >= 15 is 0 Å². The van der Waals surface area contributed by atoms with E-state index in [9.17, 15) is 8.78 Å². The van der Waals surface area contributed by atoms with Crippen LogP contribution in [0, 0.1) is 11.6 Å². The Morgan fingerprint density at radius 3 is 2.67 bits per heavy atom. The van der Waals surface area contributed by atoms with Crippen molar-refractivity contribution in [3.8, 4) is 11.6 Å². The summed E-state index contributed by atoms with van der Waals surface area (Å²) in [5.74, 6) is 0.164. The minimum Gasteiger partial charge on any atom is -0.453 e. The van der Waals surface area contributed by atoms with Crippen molar-refractivity contribution in [2.45, 2.75) is 26.3 Å². The first-order chi connectivity index (χ1) is 13.1. The third-order valence-electron chi connectivity index (χ3n) is 4.32. The summed E-state index contributed by atoms with van der Waals surface area (Å²) in [6.07, 6.45) is 1.57. The molecule has 0 amide bonds. The van der Waals surface area contributed by atoms with Gasteiger partial charge in [-0.05, 0) is 52.7 Å². The second-order valence-electron chi connectivity index (χ2n) is 6.25. The van der Waals surface area contributed by atoms with Gasteiger partial charge in [0.2, 0.25) is 5.82 Å². The SMILES string of the molecule is CCCc1ccc(NCc2cc3oc(-c4nnn[nH]4)cc3cc2F)cc1F. The van der Waals surface area contributed by atoms with Gasteiger partial charge >= 0.3 is 0 Å². The number of nitrogens with one attached hydrogen (secondary N) is 2. The third-order valence-corrected chi connectivity index (χ3v) is 4.32. The molecule has 0 radical (unpaired) electrons. The Morgan fingerprint density at radius 2 is 1.93 bits per heavy atom. The number of tetrazole rings is 1. The Hall–Kier alpha value is -3.29. The van der Waals surface area contributed by atoms with E-state index in [-0.39, 0.29) is 18.2 Å². The highest BCUT2D eigenvalue weighted by molar-refractivity contribution is 5.82. The molecule has 0 aliphatic carbocycles. The molecule has 2 heterocycles. The Morgan fingerprint density at radius 1 is 1.07 bits per heavy atom. The molecule has 0 saturated heterocycles. The van der Waals surface area contributed by atoms with Crippen LogP contribution in [0.2, 0.25) is 0 Å². The van der Waals surface area contributed by atoms with Crippen LogP contribution in [0.1, 0.15) is 24.5 Å². The van der Waals surface area contributed by atoms with Crippen molar-refractivity contribution in [1.29, 1.82) is 0 Å². The van der Waals surface area contributed by atoms with Crippen LogP contribution in [0.15, 0.2) is 40.8 Å². The monoisotopic (exact) mass is 369 g/mol. The number of nitrogens with zero attached hydrogens (tertiary/aromatic N) is 3. The summed E-state index contributed by atoms with van der Waals surface area (Å²) < 4.78 is 34.1. The summed E-state index contributed by atoms with van der Waals surface area (Å²) in [5, 5.41) is 17.0. The number of hydrogen-bond acceptors (Lipinski definition) is 5. The molecule has 6 nitrogen and oxygen atoms in total. The molecular weight excluding hydrogens is 352 g/mol. The standard InChI is InChI=1S/C19H17F2N5O/c1-2-3-11-4-5-14(9-16(11)21)22-10-13-8-17-12(6-15(13)20)7-18(27-17)19-23-25-26-24-19/h4-9,22H,2-3,10H2,1H3,(H,23,24,25,26). The van der Waals surface area contributed by atoms with E-state index in [0.29, 0.717) is 45.8 Å². The predicted molar refractivity (Wildman–Crippen MR) is 97.1 cm³/mol. The van der Waals surface area contributed by atoms with E-state index in [2.05, 4.69) is 25.9 Å². The lowest BCUT2D eigenvalue weighted by atomic mass is 10.1. The molecule has 27 heavy (non-hydrogen) atoms. The Labute approximate surface area is 153 Å². The van der Waals surface area contributed by atoms with E-state index < -0.39 is 0 Å². The van der Waals surface area contributed by atoms with Crippen LogP contribution in [0.5, 0.6) is 0 Å². The number of aromatic nitrogens is 4. The Bertz CT molecular complexity index is 1080. The van der Waals surface area contributed by atoms with Gasteiger partial charge in [0.25, 0.3) is 0 Å². The van der Waals surface area contributed by atoms with Gasteiger partial charge < -0.3 is 9.73 Å². The molecule has 0 fully saturated rings. The molecule has 0 aliphatic heterocycles. The highest BCUT2D eigenvalue weighted by atomic mass is 19.1. The van der Waals surface area contributed by atoms with Gasteiger partial charge in [-0.25, -0.2) is 13.9 Å². The number of rotatable bonds is 6. The average Bonchev–Trinajstić information content (AvgIpc) is 3.31. The highest BCUT2D eigenvalue weighted by Gasteiger charge is 2.13. The fourth-order valence-corrected chi connectivity index (χ4v) is 2.94. The van der Waals surface area contributed by atoms with Crippen LogP contribution in [0.25, 0.3) is 22.6 Å². The van der Waals surface area contributed by atoms with Gasteiger partial charge in [0.15, 0.2) is 5.76 Å². The minimum atomic E-state index is -0.374. The van der Waals surface area contributed by atoms with Gasteiger partial charge in [0.1, 0.15) is 17.2 Å². The predicted octanol–water partition coefficient (Wildman–Crippen LogP) is 4.46. The van der Waals surface area contributed by atoms with Gasteiger partial charge in [0, 0.05) is 23.2 Å². The molecule has 2 N–H and O–H groups in total. The molecule has 0 aliphatic rings. The maximum absolute atomic E-state index is 14.4. The first kappa shape index (κ1) is 17.1. The fraction of sp³-hybridized carbons (Fsp3) is 0.211. The summed E-state index contributed by atoms with van der Waals surface area (Å²) in [4.78, 5) is 0. The normalized spacial score (nSPS) is 11.2. The zero-order valence-electron chi connectivity index (χ0n) is 14.6. The second-order valence-corrected chi connectivity index (χ2v) is 6.25. The van der Waals surface area contributed by atoms with Gasteiger partial charge in [-0.2, -0.15) is 0 Å². The highest BCUT2D eigenvalue weighted by Crippen LogP contribution is 2.28. The Kier molecular flexibility index (Phi) is 4.53. The van der Waals surface area contributed by atoms with Crippen molar-refractivity contribution in [3.63, 3.8) is 0 Å². The molecule has 0 bridgehead atoms. The summed E-state index contributed by atoms with van der Waals surface area (Å²) >= 11 is 0. The van der Waals surface area contributed by atoms with Crippen LogP contribution in [-0.4, -0.2) is 20.6 Å². The van der Waals surface area contributed by atoms with E-state index in [1.165, 1.54) is 12.1 Å². The number of anilines is 1. The topological polar surface area (TPSA) is 79.6 Å². The van der Waals surface area contributed by atoms with Crippen molar-refractivity contribution in [3.05, 3.63) is 59.2 Å². The average molecular weight is 369 g/mol. The molecule has 0 unspecified atom stereocenters. The number of hydrogen-bond donors (Lipinski definition) is 2. The molecule has 4 rings (SSSR count). The lowest BCUT2D eigenvalue weighted by Gasteiger charge is -2.09. The third kappa shape index (κ3) is 3.51. The van der Waals surface area contributed by atoms with E-state index in [0.717, 1.165) is 6.42 Å². The molecule has 4 aromatic rings. The maximum Gasteiger partial charge on any atom is 0.215 e. The summed E-state index contributed by atoms with van der Waals surface area (Å²) in [6, 6.07) is 9.67. The quantitative estimate of drug-likeness (QED) is 0.525. The lowest BCUT2D eigenvalue weighted by molar-refractivity contribution is 0.604. The molecule has 2 aromatic heterocycles. The van der Waals surface area contributed by atoms with Crippen LogP contribution >= 0.6 is 0 Å². The van der Waals surface area contributed by atoms with Crippen LogP contribution in [0.4, 0.5) is 14.5 Å². The van der Waals surface area contributed by atoms with Crippen molar-refractivity contribution in [1.82, 2.24) is 20.6 Å². The smallest absolute Gasteiger partial charge is 0.215 e. The molecular formula is C19H17F2N5O. The van der Waals surface area contributed by atoms with Crippen molar-refractivity contribution in [2.75, 3.05) is 5.32 Å². The van der Waals surface area contributed by atoms with Crippen molar-refractivity contribution >= 4 is 16.7 Å². The molecule has 2 aromatic carbocycles. The first-order valence-electron chi connectivity index (χ1n) is 8.62. The number of aryl methyl sites for hydroxylation is 1. The van der Waals surface area contributed by atoms with E-state index in [4.69, 9.17) is 4.42 Å². The van der Waals surface area contributed by atoms with E-state index in [1.807, 2.05) is 6.92 Å². The number of H-pyrrole nitrogens is 1.